The van der Waals surface area contributed by atoms with Crippen molar-refractivity contribution in [2.75, 3.05) is 12.4 Å². The third kappa shape index (κ3) is 5.07. The first-order chi connectivity index (χ1) is 15.2. The summed E-state index contributed by atoms with van der Waals surface area (Å²) >= 11 is 1.81. The molecule has 4 nitrogen and oxygen atoms in total. The molecule has 2 aromatic carbocycles. The van der Waals surface area contributed by atoms with Crippen LogP contribution in [0.25, 0.3) is 21.2 Å². The van der Waals surface area contributed by atoms with Gasteiger partial charge in [0.2, 0.25) is 0 Å². The van der Waals surface area contributed by atoms with Crippen molar-refractivity contribution >= 4 is 33.1 Å². The van der Waals surface area contributed by atoms with E-state index in [4.69, 9.17) is 9.90 Å². The molecule has 2 bridgehead atoms. The lowest BCUT2D eigenvalue weighted by Gasteiger charge is -2.37. The molecule has 3 aromatic rings. The number of thiophene rings is 1. The Bertz CT molecular complexity index is 1070. The van der Waals surface area contributed by atoms with Crippen molar-refractivity contribution in [1.82, 2.24) is 4.90 Å². The quantitative estimate of drug-likeness (QED) is 0.484. The van der Waals surface area contributed by atoms with Gasteiger partial charge in [-0.25, -0.2) is 4.79 Å². The van der Waals surface area contributed by atoms with Gasteiger partial charge >= 0.3 is 12.1 Å². The van der Waals surface area contributed by atoms with Gasteiger partial charge in [-0.1, -0.05) is 18.2 Å². The molecule has 3 heterocycles. The highest BCUT2D eigenvalue weighted by Crippen LogP contribution is 2.35. The molecule has 0 saturated carbocycles. The molecule has 2 saturated heterocycles. The molecule has 2 fully saturated rings. The van der Waals surface area contributed by atoms with Gasteiger partial charge in [0, 0.05) is 28.5 Å². The normalized spacial score (nSPS) is 22.9. The molecule has 0 amide bonds. The lowest BCUT2D eigenvalue weighted by molar-refractivity contribution is -0.192. The molecule has 5 rings (SSSR count). The predicted octanol–water partition coefficient (Wildman–Crippen LogP) is 6.24. The van der Waals surface area contributed by atoms with Crippen LogP contribution >= 0.6 is 11.3 Å². The van der Waals surface area contributed by atoms with Gasteiger partial charge in [0.05, 0.1) is 0 Å². The van der Waals surface area contributed by atoms with E-state index in [0.717, 1.165) is 12.1 Å². The van der Waals surface area contributed by atoms with Gasteiger partial charge in [0.15, 0.2) is 0 Å². The van der Waals surface area contributed by atoms with E-state index in [-0.39, 0.29) is 0 Å². The minimum absolute atomic E-state index is 0.627. The van der Waals surface area contributed by atoms with Crippen LogP contribution in [0.3, 0.4) is 0 Å². The highest BCUT2D eigenvalue weighted by atomic mass is 32.1. The van der Waals surface area contributed by atoms with E-state index in [9.17, 15) is 13.2 Å². The summed E-state index contributed by atoms with van der Waals surface area (Å²) in [5.41, 5.74) is 3.85. The monoisotopic (exact) mass is 462 g/mol. The first-order valence-corrected chi connectivity index (χ1v) is 11.4. The van der Waals surface area contributed by atoms with Crippen LogP contribution in [0.1, 0.15) is 25.7 Å². The highest BCUT2D eigenvalue weighted by molar-refractivity contribution is 7.17. The zero-order valence-corrected chi connectivity index (χ0v) is 18.4. The van der Waals surface area contributed by atoms with Gasteiger partial charge in [-0.15, -0.1) is 11.3 Å². The second kappa shape index (κ2) is 9.11. The van der Waals surface area contributed by atoms with E-state index in [1.807, 2.05) is 0 Å². The largest absolute Gasteiger partial charge is 0.490 e. The van der Waals surface area contributed by atoms with Gasteiger partial charge in [-0.2, -0.15) is 13.2 Å². The van der Waals surface area contributed by atoms with Crippen molar-refractivity contribution < 1.29 is 23.1 Å². The Morgan fingerprint density at radius 2 is 1.62 bits per heavy atom. The average molecular weight is 463 g/mol. The Kier molecular flexibility index (Phi) is 6.44. The highest BCUT2D eigenvalue weighted by Gasteiger charge is 2.39. The summed E-state index contributed by atoms with van der Waals surface area (Å²) in [4.78, 5) is 11.5. The summed E-state index contributed by atoms with van der Waals surface area (Å²) in [5.74, 6) is -2.76. The van der Waals surface area contributed by atoms with E-state index in [0.29, 0.717) is 6.04 Å². The number of rotatable bonds is 3. The molecule has 0 aliphatic carbocycles. The van der Waals surface area contributed by atoms with Crippen LogP contribution in [-0.2, 0) is 4.79 Å². The second-order valence-corrected chi connectivity index (χ2v) is 9.36. The first kappa shape index (κ1) is 22.6. The molecule has 2 N–H and O–H groups in total. The summed E-state index contributed by atoms with van der Waals surface area (Å²) in [5, 5.41) is 14.4. The number of hydrogen-bond donors (Lipinski definition) is 2. The van der Waals surface area contributed by atoms with E-state index in [2.05, 4.69) is 71.2 Å². The van der Waals surface area contributed by atoms with Crippen LogP contribution in [0.4, 0.5) is 18.9 Å². The molecule has 2 aliphatic rings. The number of piperidine rings is 1. The maximum Gasteiger partial charge on any atom is 0.490 e. The number of carboxylic acid groups (broad SMARTS) is 1. The van der Waals surface area contributed by atoms with Gasteiger partial charge < -0.3 is 15.3 Å². The molecule has 170 valence electrons. The molecule has 1 aromatic heterocycles. The topological polar surface area (TPSA) is 52.6 Å². The number of alkyl halides is 3. The van der Waals surface area contributed by atoms with Crippen molar-refractivity contribution in [3.63, 3.8) is 0 Å². The number of carboxylic acids is 1. The lowest BCUT2D eigenvalue weighted by atomic mass is 9.97. The van der Waals surface area contributed by atoms with Crippen molar-refractivity contribution in [3.8, 4) is 11.1 Å². The summed E-state index contributed by atoms with van der Waals surface area (Å²) in [6.07, 6.45) is 0.236. The molecule has 0 radical (unpaired) electrons. The third-order valence-electron chi connectivity index (χ3n) is 6.38. The molecular weight excluding hydrogens is 437 g/mol. The van der Waals surface area contributed by atoms with Crippen molar-refractivity contribution in [2.24, 2.45) is 0 Å². The lowest BCUT2D eigenvalue weighted by Crippen LogP contribution is -2.44. The zero-order valence-electron chi connectivity index (χ0n) is 17.6. The van der Waals surface area contributed by atoms with Gasteiger partial charge in [0.1, 0.15) is 0 Å². The van der Waals surface area contributed by atoms with E-state index in [1.54, 1.807) is 11.3 Å². The summed E-state index contributed by atoms with van der Waals surface area (Å²) in [7, 11) is 2.30. The van der Waals surface area contributed by atoms with Crippen LogP contribution in [0.5, 0.6) is 0 Å². The van der Waals surface area contributed by atoms with Crippen LogP contribution in [0.2, 0.25) is 0 Å². The number of anilines is 1. The smallest absolute Gasteiger partial charge is 0.475 e. The molecule has 0 spiro atoms. The van der Waals surface area contributed by atoms with Gasteiger partial charge in [0.25, 0.3) is 0 Å². The van der Waals surface area contributed by atoms with Crippen LogP contribution in [0, 0.1) is 0 Å². The van der Waals surface area contributed by atoms with Gasteiger partial charge in [-0.05, 0) is 85.0 Å². The molecule has 0 unspecified atom stereocenters. The predicted molar refractivity (Wildman–Crippen MR) is 122 cm³/mol. The number of halogens is 3. The molecule has 3 atom stereocenters. The summed E-state index contributed by atoms with van der Waals surface area (Å²) < 4.78 is 33.1. The van der Waals surface area contributed by atoms with Crippen molar-refractivity contribution in [3.05, 3.63) is 53.9 Å². The summed E-state index contributed by atoms with van der Waals surface area (Å²) in [6.45, 7) is 0. The first-order valence-electron chi connectivity index (χ1n) is 10.6. The maximum absolute atomic E-state index is 10.6. The number of nitrogens with zero attached hydrogens (tertiary/aromatic N) is 1. The van der Waals surface area contributed by atoms with Crippen molar-refractivity contribution in [2.45, 2.75) is 50.0 Å². The minimum atomic E-state index is -5.08. The van der Waals surface area contributed by atoms with E-state index in [1.165, 1.54) is 52.6 Å². The van der Waals surface area contributed by atoms with E-state index < -0.39 is 12.1 Å². The number of nitrogens with one attached hydrogen (secondary N) is 1. The Hall–Kier alpha value is -2.58. The molecule has 2 aliphatic heterocycles. The number of aliphatic carboxylic acids is 1. The fourth-order valence-electron chi connectivity index (χ4n) is 4.67. The number of benzene rings is 2. The fourth-order valence-corrected chi connectivity index (χ4v) is 5.44. The second-order valence-electron chi connectivity index (χ2n) is 8.42. The molecule has 8 heteroatoms. The van der Waals surface area contributed by atoms with Crippen LogP contribution in [0.15, 0.2) is 53.9 Å². The van der Waals surface area contributed by atoms with Gasteiger partial charge in [-0.3, -0.25) is 0 Å². The van der Waals surface area contributed by atoms with Crippen LogP contribution < -0.4 is 5.32 Å². The third-order valence-corrected chi connectivity index (χ3v) is 7.28. The van der Waals surface area contributed by atoms with Crippen molar-refractivity contribution in [1.29, 1.82) is 0 Å². The SMILES string of the molecule is CN1[C@@H]2CC[C@H]1C[C@@H](Nc1ccc(-c3ccc4sccc4c3)cc1)C2.O=C(O)C(F)(F)F. The Morgan fingerprint density at radius 1 is 1.03 bits per heavy atom. The minimum Gasteiger partial charge on any atom is -0.475 e. The fraction of sp³-hybridized carbons (Fsp3) is 0.375. The van der Waals surface area contributed by atoms with E-state index >= 15 is 0 Å². The Labute approximate surface area is 188 Å². The molecule has 32 heavy (non-hydrogen) atoms. The zero-order chi connectivity index (χ0) is 22.9. The number of hydrogen-bond acceptors (Lipinski definition) is 4. The standard InChI is InChI=1S/C22H24N2S.C2HF3O2/c1-24-20-7-8-21(24)14-19(13-20)23-18-5-2-15(3-6-18)16-4-9-22-17(12-16)10-11-25-22;3-2(4,5)1(6)7/h2-6,9-12,19-21,23H,7-8,13-14H2,1H3;(H,6,7)/t19-,20+,21-;. The number of fused-ring (bicyclic) bond motifs is 3. The Morgan fingerprint density at radius 3 is 2.22 bits per heavy atom. The molecular formula is C24H25F3N2O2S. The number of carbonyl (C=O) groups is 1. The average Bonchev–Trinajstić information content (AvgIpc) is 3.28. The maximum atomic E-state index is 10.6. The van der Waals surface area contributed by atoms with Crippen LogP contribution in [-0.4, -0.2) is 47.3 Å². The summed E-state index contributed by atoms with van der Waals surface area (Å²) in [6, 6.07) is 20.1. The Balaban J connectivity index is 0.000000307.